The van der Waals surface area contributed by atoms with Crippen LogP contribution in [-0.4, -0.2) is 39.3 Å². The fourth-order valence-electron chi connectivity index (χ4n) is 3.49. The highest BCUT2D eigenvalue weighted by atomic mass is 16.5. The number of hydrogen-bond donors (Lipinski definition) is 1. The third kappa shape index (κ3) is 3.31. The first kappa shape index (κ1) is 14.8. The molecule has 0 bridgehead atoms. The van der Waals surface area contributed by atoms with Crippen LogP contribution in [0.25, 0.3) is 11.4 Å². The zero-order chi connectivity index (χ0) is 15.6. The molecule has 1 aromatic heterocycles. The van der Waals surface area contributed by atoms with E-state index in [9.17, 15) is 5.11 Å². The Morgan fingerprint density at radius 3 is 2.78 bits per heavy atom. The maximum absolute atomic E-state index is 9.40. The fourth-order valence-corrected chi connectivity index (χ4v) is 3.49. The van der Waals surface area contributed by atoms with Gasteiger partial charge in [-0.25, -0.2) is 0 Å². The Bertz CT molecular complexity index is 658. The molecule has 1 aromatic carbocycles. The highest BCUT2D eigenvalue weighted by Gasteiger charge is 2.33. The first-order valence-corrected chi connectivity index (χ1v) is 8.61. The van der Waals surface area contributed by atoms with Gasteiger partial charge in [-0.15, -0.1) is 0 Å². The standard InChI is InChI=1S/C18H23N3O2/c22-16-10-15(11-16)18-19-17(20-23-18)14-6-4-5-13(9-14)12-21-7-2-1-3-8-21/h4-6,9,15-16,22H,1-3,7-8,10-12H2. The molecule has 0 amide bonds. The molecule has 23 heavy (non-hydrogen) atoms. The number of benzene rings is 1. The van der Waals surface area contributed by atoms with Gasteiger partial charge >= 0.3 is 0 Å². The molecule has 2 aromatic rings. The van der Waals surface area contributed by atoms with Crippen LogP contribution in [0.4, 0.5) is 0 Å². The first-order chi connectivity index (χ1) is 11.3. The van der Waals surface area contributed by atoms with Gasteiger partial charge < -0.3 is 9.63 Å². The molecule has 5 nitrogen and oxygen atoms in total. The lowest BCUT2D eigenvalue weighted by atomic mass is 9.82. The monoisotopic (exact) mass is 313 g/mol. The largest absolute Gasteiger partial charge is 0.393 e. The molecule has 2 aliphatic rings. The lowest BCUT2D eigenvalue weighted by Gasteiger charge is -2.27. The third-order valence-electron chi connectivity index (χ3n) is 4.94. The van der Waals surface area contributed by atoms with E-state index in [2.05, 4.69) is 33.2 Å². The molecule has 0 atom stereocenters. The van der Waals surface area contributed by atoms with Crippen molar-refractivity contribution in [3.8, 4) is 11.4 Å². The van der Waals surface area contributed by atoms with Gasteiger partial charge in [0.15, 0.2) is 0 Å². The zero-order valence-corrected chi connectivity index (χ0v) is 13.3. The maximum Gasteiger partial charge on any atom is 0.230 e. The highest BCUT2D eigenvalue weighted by molar-refractivity contribution is 5.55. The van der Waals surface area contributed by atoms with E-state index >= 15 is 0 Å². The van der Waals surface area contributed by atoms with Gasteiger partial charge in [0, 0.05) is 18.0 Å². The summed E-state index contributed by atoms with van der Waals surface area (Å²) in [7, 11) is 0. The van der Waals surface area contributed by atoms with Gasteiger partial charge in [-0.3, -0.25) is 4.90 Å². The molecule has 5 heteroatoms. The number of aliphatic hydroxyl groups excluding tert-OH is 1. The van der Waals surface area contributed by atoms with Crippen LogP contribution in [0, 0.1) is 0 Å². The average molecular weight is 313 g/mol. The average Bonchev–Trinajstić information content (AvgIpc) is 3.03. The van der Waals surface area contributed by atoms with Crippen molar-refractivity contribution in [2.75, 3.05) is 13.1 Å². The van der Waals surface area contributed by atoms with Crippen LogP contribution in [-0.2, 0) is 6.54 Å². The van der Waals surface area contributed by atoms with Crippen LogP contribution in [0.2, 0.25) is 0 Å². The van der Waals surface area contributed by atoms with Crippen molar-refractivity contribution in [3.05, 3.63) is 35.7 Å². The van der Waals surface area contributed by atoms with Gasteiger partial charge in [0.1, 0.15) is 0 Å². The summed E-state index contributed by atoms with van der Waals surface area (Å²) < 4.78 is 5.38. The van der Waals surface area contributed by atoms with Crippen molar-refractivity contribution >= 4 is 0 Å². The van der Waals surface area contributed by atoms with Crippen molar-refractivity contribution in [2.45, 2.75) is 50.7 Å². The normalized spacial score (nSPS) is 25.3. The molecular formula is C18H23N3O2. The molecule has 1 N–H and O–H groups in total. The van der Waals surface area contributed by atoms with Crippen molar-refractivity contribution in [1.29, 1.82) is 0 Å². The van der Waals surface area contributed by atoms with Gasteiger partial charge in [-0.1, -0.05) is 29.8 Å². The molecule has 1 saturated heterocycles. The number of aromatic nitrogens is 2. The summed E-state index contributed by atoms with van der Waals surface area (Å²) in [5.41, 5.74) is 2.31. The first-order valence-electron chi connectivity index (χ1n) is 8.61. The van der Waals surface area contributed by atoms with E-state index in [0.717, 1.165) is 24.9 Å². The molecule has 2 fully saturated rings. The lowest BCUT2D eigenvalue weighted by molar-refractivity contribution is 0.0625. The summed E-state index contributed by atoms with van der Waals surface area (Å²) in [6.45, 7) is 3.38. The molecule has 1 saturated carbocycles. The van der Waals surface area contributed by atoms with Crippen LogP contribution < -0.4 is 0 Å². The molecule has 2 heterocycles. The second-order valence-corrected chi connectivity index (χ2v) is 6.82. The number of rotatable bonds is 4. The summed E-state index contributed by atoms with van der Waals surface area (Å²) in [6.07, 6.45) is 5.23. The third-order valence-corrected chi connectivity index (χ3v) is 4.94. The van der Waals surface area contributed by atoms with Gasteiger partial charge in [-0.2, -0.15) is 4.98 Å². The van der Waals surface area contributed by atoms with Gasteiger partial charge in [0.25, 0.3) is 0 Å². The van der Waals surface area contributed by atoms with E-state index in [0.29, 0.717) is 11.7 Å². The van der Waals surface area contributed by atoms with Crippen LogP contribution in [0.1, 0.15) is 49.5 Å². The number of piperidine rings is 1. The second-order valence-electron chi connectivity index (χ2n) is 6.82. The predicted molar refractivity (Wildman–Crippen MR) is 86.8 cm³/mol. The number of likely N-dealkylation sites (tertiary alicyclic amines) is 1. The number of nitrogens with zero attached hydrogens (tertiary/aromatic N) is 3. The number of hydrogen-bond acceptors (Lipinski definition) is 5. The Hall–Kier alpha value is -1.72. The summed E-state index contributed by atoms with van der Waals surface area (Å²) in [4.78, 5) is 7.04. The smallest absolute Gasteiger partial charge is 0.230 e. The van der Waals surface area contributed by atoms with Crippen molar-refractivity contribution in [2.24, 2.45) is 0 Å². The van der Waals surface area contributed by atoms with Crippen LogP contribution in [0.15, 0.2) is 28.8 Å². The van der Waals surface area contributed by atoms with E-state index in [-0.39, 0.29) is 12.0 Å². The molecule has 1 aliphatic carbocycles. The van der Waals surface area contributed by atoms with Gasteiger partial charge in [0.2, 0.25) is 11.7 Å². The maximum atomic E-state index is 9.40. The van der Waals surface area contributed by atoms with Crippen LogP contribution in [0.3, 0.4) is 0 Å². The van der Waals surface area contributed by atoms with E-state index in [1.165, 1.54) is 37.9 Å². The fraction of sp³-hybridized carbons (Fsp3) is 0.556. The SMILES string of the molecule is OC1CC(c2nc(-c3cccc(CN4CCCCC4)c3)no2)C1. The van der Waals surface area contributed by atoms with Crippen LogP contribution in [0.5, 0.6) is 0 Å². The van der Waals surface area contributed by atoms with E-state index in [4.69, 9.17) is 4.52 Å². The van der Waals surface area contributed by atoms with E-state index < -0.39 is 0 Å². The Balaban J connectivity index is 1.47. The summed E-state index contributed by atoms with van der Waals surface area (Å²) in [5, 5.41) is 13.5. The van der Waals surface area contributed by atoms with Crippen molar-refractivity contribution < 1.29 is 9.63 Å². The van der Waals surface area contributed by atoms with E-state index in [1.807, 2.05) is 6.07 Å². The Labute approximate surface area is 136 Å². The highest BCUT2D eigenvalue weighted by Crippen LogP contribution is 2.36. The Kier molecular flexibility index (Phi) is 4.14. The molecule has 0 radical (unpaired) electrons. The molecule has 122 valence electrons. The molecule has 0 unspecified atom stereocenters. The Morgan fingerprint density at radius 1 is 1.17 bits per heavy atom. The minimum Gasteiger partial charge on any atom is -0.393 e. The summed E-state index contributed by atoms with van der Waals surface area (Å²) in [5.74, 6) is 1.54. The van der Waals surface area contributed by atoms with Gasteiger partial charge in [0.05, 0.1) is 6.10 Å². The predicted octanol–water partition coefficient (Wildman–Crippen LogP) is 2.96. The van der Waals surface area contributed by atoms with Crippen molar-refractivity contribution in [1.82, 2.24) is 15.0 Å². The van der Waals surface area contributed by atoms with Gasteiger partial charge in [-0.05, 0) is 50.4 Å². The van der Waals surface area contributed by atoms with Crippen molar-refractivity contribution in [3.63, 3.8) is 0 Å². The molecule has 4 rings (SSSR count). The minimum absolute atomic E-state index is 0.205. The lowest BCUT2D eigenvalue weighted by Crippen LogP contribution is -2.29. The quantitative estimate of drug-likeness (QED) is 0.940. The molecule has 0 spiro atoms. The topological polar surface area (TPSA) is 62.4 Å². The van der Waals surface area contributed by atoms with E-state index in [1.54, 1.807) is 0 Å². The molecule has 1 aliphatic heterocycles. The Morgan fingerprint density at radius 2 is 2.00 bits per heavy atom. The minimum atomic E-state index is -0.205. The molecular weight excluding hydrogens is 290 g/mol. The zero-order valence-electron chi connectivity index (χ0n) is 13.3. The number of aliphatic hydroxyl groups is 1. The summed E-state index contributed by atoms with van der Waals surface area (Å²) in [6, 6.07) is 8.43. The van der Waals surface area contributed by atoms with Crippen LogP contribution >= 0.6 is 0 Å². The summed E-state index contributed by atoms with van der Waals surface area (Å²) >= 11 is 0. The second kappa shape index (κ2) is 6.42.